The Balaban J connectivity index is 1.77. The maximum Gasteiger partial charge on any atom is 0.0949 e. The Morgan fingerprint density at radius 2 is 1.79 bits per heavy atom. The number of rotatable bonds is 2. The van der Waals surface area contributed by atoms with Gasteiger partial charge < -0.3 is 4.90 Å². The van der Waals surface area contributed by atoms with Crippen molar-refractivity contribution < 1.29 is 0 Å². The molecule has 2 aliphatic rings. The van der Waals surface area contributed by atoms with Gasteiger partial charge in [-0.3, -0.25) is 0 Å². The van der Waals surface area contributed by atoms with E-state index >= 15 is 0 Å². The third-order valence-electron chi connectivity index (χ3n) is 3.91. The molecular weight excluding hydrogens is 176 g/mol. The lowest BCUT2D eigenvalue weighted by Crippen LogP contribution is -2.50. The standard InChI is InChI=1S/C11H20N2O/c1-11(2)3-5-13(6-4-11)10-7-9(8-10)12-14/h9-10H,3-8H2,1-2H3. The molecule has 0 bridgehead atoms. The number of nitroso groups, excluding NO2 is 1. The van der Waals surface area contributed by atoms with Gasteiger partial charge in [-0.05, 0) is 44.2 Å². The summed E-state index contributed by atoms with van der Waals surface area (Å²) in [6.07, 6.45) is 4.60. The van der Waals surface area contributed by atoms with Crippen LogP contribution in [0, 0.1) is 10.3 Å². The number of nitrogens with zero attached hydrogens (tertiary/aromatic N) is 2. The maximum atomic E-state index is 10.3. The van der Waals surface area contributed by atoms with Crippen LogP contribution in [0.2, 0.25) is 0 Å². The second kappa shape index (κ2) is 3.61. The first kappa shape index (κ1) is 10.1. The van der Waals surface area contributed by atoms with Crippen molar-refractivity contribution in [1.82, 2.24) is 4.90 Å². The van der Waals surface area contributed by atoms with E-state index in [9.17, 15) is 4.91 Å². The van der Waals surface area contributed by atoms with Gasteiger partial charge >= 0.3 is 0 Å². The van der Waals surface area contributed by atoms with E-state index in [1.165, 1.54) is 25.9 Å². The number of hydrogen-bond donors (Lipinski definition) is 0. The van der Waals surface area contributed by atoms with Gasteiger partial charge in [-0.1, -0.05) is 19.0 Å². The number of piperidine rings is 1. The molecule has 2 rings (SSSR count). The lowest BCUT2D eigenvalue weighted by Gasteiger charge is -2.45. The minimum absolute atomic E-state index is 0.120. The molecule has 1 aliphatic carbocycles. The van der Waals surface area contributed by atoms with Crippen molar-refractivity contribution in [2.75, 3.05) is 13.1 Å². The fraction of sp³-hybridized carbons (Fsp3) is 1.00. The summed E-state index contributed by atoms with van der Waals surface area (Å²) in [5, 5.41) is 3.09. The van der Waals surface area contributed by atoms with Gasteiger partial charge in [0.2, 0.25) is 0 Å². The Morgan fingerprint density at radius 3 is 2.29 bits per heavy atom. The van der Waals surface area contributed by atoms with Crippen LogP contribution in [0.25, 0.3) is 0 Å². The molecule has 0 radical (unpaired) electrons. The van der Waals surface area contributed by atoms with Crippen LogP contribution in [-0.2, 0) is 0 Å². The average Bonchev–Trinajstić information content (AvgIpc) is 2.06. The van der Waals surface area contributed by atoms with Gasteiger partial charge in [-0.15, -0.1) is 0 Å². The largest absolute Gasteiger partial charge is 0.300 e. The predicted molar refractivity (Wildman–Crippen MR) is 57.2 cm³/mol. The third-order valence-corrected chi connectivity index (χ3v) is 3.91. The van der Waals surface area contributed by atoms with Crippen LogP contribution in [-0.4, -0.2) is 30.1 Å². The smallest absolute Gasteiger partial charge is 0.0949 e. The Bertz CT molecular complexity index is 211. The molecule has 0 aromatic rings. The van der Waals surface area contributed by atoms with Crippen LogP contribution in [0.1, 0.15) is 39.5 Å². The van der Waals surface area contributed by atoms with Crippen molar-refractivity contribution in [2.24, 2.45) is 10.6 Å². The highest BCUT2D eigenvalue weighted by Crippen LogP contribution is 2.35. The molecule has 0 atom stereocenters. The van der Waals surface area contributed by atoms with E-state index in [1.54, 1.807) is 0 Å². The second-order valence-corrected chi connectivity index (χ2v) is 5.58. The summed E-state index contributed by atoms with van der Waals surface area (Å²) in [5.74, 6) is 0. The second-order valence-electron chi connectivity index (χ2n) is 5.58. The van der Waals surface area contributed by atoms with E-state index in [0.717, 1.165) is 12.8 Å². The third kappa shape index (κ3) is 1.97. The zero-order valence-electron chi connectivity index (χ0n) is 9.20. The van der Waals surface area contributed by atoms with Crippen LogP contribution in [0.15, 0.2) is 5.18 Å². The fourth-order valence-corrected chi connectivity index (χ4v) is 2.44. The van der Waals surface area contributed by atoms with Crippen molar-refractivity contribution in [3.8, 4) is 0 Å². The van der Waals surface area contributed by atoms with E-state index in [2.05, 4.69) is 23.9 Å². The molecule has 1 saturated carbocycles. The Hall–Kier alpha value is -0.440. The zero-order chi connectivity index (χ0) is 10.2. The summed E-state index contributed by atoms with van der Waals surface area (Å²) in [7, 11) is 0. The van der Waals surface area contributed by atoms with Crippen LogP contribution < -0.4 is 0 Å². The highest BCUT2D eigenvalue weighted by atomic mass is 16.3. The quantitative estimate of drug-likeness (QED) is 0.635. The summed E-state index contributed by atoms with van der Waals surface area (Å²) in [5.41, 5.74) is 0.530. The molecule has 80 valence electrons. The van der Waals surface area contributed by atoms with E-state index in [1.807, 2.05) is 0 Å². The molecule has 0 N–H and O–H groups in total. The molecule has 2 fully saturated rings. The normalized spacial score (nSPS) is 37.6. The lowest BCUT2D eigenvalue weighted by molar-refractivity contribution is 0.0498. The molecule has 0 unspecified atom stereocenters. The average molecular weight is 196 g/mol. The van der Waals surface area contributed by atoms with Crippen molar-refractivity contribution in [1.29, 1.82) is 0 Å². The summed E-state index contributed by atoms with van der Waals surface area (Å²) >= 11 is 0. The minimum Gasteiger partial charge on any atom is -0.300 e. The topological polar surface area (TPSA) is 32.7 Å². The molecule has 1 heterocycles. The highest BCUT2D eigenvalue weighted by Gasteiger charge is 2.37. The molecule has 0 aromatic heterocycles. The minimum atomic E-state index is 0.120. The molecule has 1 aliphatic heterocycles. The van der Waals surface area contributed by atoms with Crippen molar-refractivity contribution in [3.63, 3.8) is 0 Å². The Morgan fingerprint density at radius 1 is 1.21 bits per heavy atom. The first-order valence-electron chi connectivity index (χ1n) is 5.67. The van der Waals surface area contributed by atoms with Gasteiger partial charge in [-0.25, -0.2) is 0 Å². The van der Waals surface area contributed by atoms with E-state index < -0.39 is 0 Å². The van der Waals surface area contributed by atoms with E-state index in [-0.39, 0.29) is 6.04 Å². The lowest BCUT2D eigenvalue weighted by atomic mass is 9.79. The first-order chi connectivity index (χ1) is 6.61. The summed E-state index contributed by atoms with van der Waals surface area (Å²) in [4.78, 5) is 12.8. The van der Waals surface area contributed by atoms with Crippen molar-refractivity contribution >= 4 is 0 Å². The van der Waals surface area contributed by atoms with Crippen molar-refractivity contribution in [2.45, 2.75) is 51.6 Å². The molecule has 3 heteroatoms. The monoisotopic (exact) mass is 196 g/mol. The maximum absolute atomic E-state index is 10.3. The molecule has 0 aromatic carbocycles. The van der Waals surface area contributed by atoms with Gasteiger partial charge in [0.15, 0.2) is 0 Å². The number of likely N-dealkylation sites (tertiary alicyclic amines) is 1. The van der Waals surface area contributed by atoms with Gasteiger partial charge in [0.1, 0.15) is 0 Å². The van der Waals surface area contributed by atoms with Gasteiger partial charge in [-0.2, -0.15) is 4.91 Å². The molecule has 0 amide bonds. The Labute approximate surface area is 85.8 Å². The molecule has 3 nitrogen and oxygen atoms in total. The van der Waals surface area contributed by atoms with Crippen molar-refractivity contribution in [3.05, 3.63) is 4.91 Å². The highest BCUT2D eigenvalue weighted by molar-refractivity contribution is 4.93. The molecule has 1 saturated heterocycles. The molecule has 14 heavy (non-hydrogen) atoms. The van der Waals surface area contributed by atoms with Gasteiger partial charge in [0.05, 0.1) is 6.04 Å². The van der Waals surface area contributed by atoms with E-state index in [0.29, 0.717) is 11.5 Å². The number of hydrogen-bond acceptors (Lipinski definition) is 3. The molecular formula is C11H20N2O. The SMILES string of the molecule is CC1(C)CCN(C2CC(N=O)C2)CC1. The van der Waals surface area contributed by atoms with Crippen LogP contribution in [0.5, 0.6) is 0 Å². The molecule has 0 spiro atoms. The van der Waals surface area contributed by atoms with Crippen LogP contribution in [0.4, 0.5) is 0 Å². The fourth-order valence-electron chi connectivity index (χ4n) is 2.44. The van der Waals surface area contributed by atoms with E-state index in [4.69, 9.17) is 0 Å². The van der Waals surface area contributed by atoms with Gasteiger partial charge in [0.25, 0.3) is 0 Å². The summed E-state index contributed by atoms with van der Waals surface area (Å²) in [6.45, 7) is 7.12. The summed E-state index contributed by atoms with van der Waals surface area (Å²) < 4.78 is 0. The van der Waals surface area contributed by atoms with Crippen LogP contribution in [0.3, 0.4) is 0 Å². The predicted octanol–water partition coefficient (Wildman–Crippen LogP) is 2.41. The Kier molecular flexibility index (Phi) is 2.60. The summed E-state index contributed by atoms with van der Waals surface area (Å²) in [6, 6.07) is 0.781. The first-order valence-corrected chi connectivity index (χ1v) is 5.67. The zero-order valence-corrected chi connectivity index (χ0v) is 9.20. The van der Waals surface area contributed by atoms with Gasteiger partial charge in [0, 0.05) is 6.04 Å². The van der Waals surface area contributed by atoms with Crippen LogP contribution >= 0.6 is 0 Å².